The SMILES string of the molecule is C1CCC(c2nc(N3CC4CCCNC4C3)n[nH]2)C1. The molecule has 1 aliphatic carbocycles. The third-order valence-corrected chi connectivity index (χ3v) is 5.11. The lowest BCUT2D eigenvalue weighted by molar-refractivity contribution is 0.340. The van der Waals surface area contributed by atoms with Crippen molar-refractivity contribution in [2.45, 2.75) is 50.5 Å². The van der Waals surface area contributed by atoms with Crippen LogP contribution in [0.3, 0.4) is 0 Å². The molecule has 1 saturated carbocycles. The highest BCUT2D eigenvalue weighted by Gasteiger charge is 2.36. The molecule has 0 radical (unpaired) electrons. The van der Waals surface area contributed by atoms with E-state index in [0.29, 0.717) is 12.0 Å². The number of nitrogens with one attached hydrogen (secondary N) is 2. The van der Waals surface area contributed by atoms with E-state index < -0.39 is 0 Å². The van der Waals surface area contributed by atoms with Crippen LogP contribution in [-0.2, 0) is 0 Å². The lowest BCUT2D eigenvalue weighted by Crippen LogP contribution is -2.40. The summed E-state index contributed by atoms with van der Waals surface area (Å²) in [6, 6.07) is 0.655. The molecule has 2 aliphatic heterocycles. The van der Waals surface area contributed by atoms with Crippen molar-refractivity contribution in [1.82, 2.24) is 20.5 Å². The summed E-state index contributed by atoms with van der Waals surface area (Å²) in [6.45, 7) is 3.38. The zero-order valence-electron chi connectivity index (χ0n) is 11.4. The minimum Gasteiger partial charge on any atom is -0.338 e. The first-order chi connectivity index (χ1) is 9.40. The zero-order valence-corrected chi connectivity index (χ0v) is 11.4. The van der Waals surface area contributed by atoms with E-state index in [1.54, 1.807) is 0 Å². The summed E-state index contributed by atoms with van der Waals surface area (Å²) in [5.41, 5.74) is 0. The largest absolute Gasteiger partial charge is 0.338 e. The standard InChI is InChI=1S/C14H23N5/c1-2-5-10(4-1)13-16-14(18-17-13)19-8-11-6-3-7-15-12(11)9-19/h10-12,15H,1-9H2,(H,16,17,18). The van der Waals surface area contributed by atoms with Gasteiger partial charge in [-0.3, -0.25) is 5.10 Å². The third kappa shape index (κ3) is 2.14. The Morgan fingerprint density at radius 1 is 1.05 bits per heavy atom. The lowest BCUT2D eigenvalue weighted by Gasteiger charge is -2.24. The van der Waals surface area contributed by atoms with Crippen molar-refractivity contribution in [2.75, 3.05) is 24.5 Å². The second-order valence-electron chi connectivity index (χ2n) is 6.37. The van der Waals surface area contributed by atoms with Crippen LogP contribution in [0.2, 0.25) is 0 Å². The van der Waals surface area contributed by atoms with E-state index in [4.69, 9.17) is 4.98 Å². The molecule has 0 amide bonds. The normalized spacial score (nSPS) is 31.9. The number of fused-ring (bicyclic) bond motifs is 1. The zero-order chi connectivity index (χ0) is 12.7. The van der Waals surface area contributed by atoms with Gasteiger partial charge in [0.25, 0.3) is 0 Å². The Kier molecular flexibility index (Phi) is 2.94. The van der Waals surface area contributed by atoms with Gasteiger partial charge in [0.15, 0.2) is 0 Å². The van der Waals surface area contributed by atoms with Gasteiger partial charge in [-0.05, 0) is 38.1 Å². The van der Waals surface area contributed by atoms with Gasteiger partial charge in [-0.1, -0.05) is 12.8 Å². The van der Waals surface area contributed by atoms with E-state index >= 15 is 0 Å². The van der Waals surface area contributed by atoms with Crippen LogP contribution in [0.4, 0.5) is 5.95 Å². The van der Waals surface area contributed by atoms with Crippen molar-refractivity contribution in [3.8, 4) is 0 Å². The molecule has 2 atom stereocenters. The summed E-state index contributed by atoms with van der Waals surface area (Å²) in [5.74, 6) is 3.47. The highest BCUT2D eigenvalue weighted by atomic mass is 15.4. The maximum absolute atomic E-state index is 4.76. The number of anilines is 1. The molecule has 3 fully saturated rings. The Morgan fingerprint density at radius 3 is 2.79 bits per heavy atom. The number of hydrogen-bond donors (Lipinski definition) is 2. The van der Waals surface area contributed by atoms with Gasteiger partial charge in [-0.25, -0.2) is 0 Å². The van der Waals surface area contributed by atoms with E-state index in [0.717, 1.165) is 30.8 Å². The van der Waals surface area contributed by atoms with E-state index in [1.807, 2.05) is 0 Å². The Balaban J connectivity index is 1.47. The number of rotatable bonds is 2. The number of nitrogens with zero attached hydrogens (tertiary/aromatic N) is 3. The summed E-state index contributed by atoms with van der Waals surface area (Å²) in [4.78, 5) is 7.13. The topological polar surface area (TPSA) is 56.8 Å². The van der Waals surface area contributed by atoms with Crippen molar-refractivity contribution < 1.29 is 0 Å². The highest BCUT2D eigenvalue weighted by Crippen LogP contribution is 2.33. The minimum atomic E-state index is 0.629. The van der Waals surface area contributed by atoms with Gasteiger partial charge in [0.1, 0.15) is 5.82 Å². The van der Waals surface area contributed by atoms with Gasteiger partial charge in [0.2, 0.25) is 5.95 Å². The van der Waals surface area contributed by atoms with Crippen LogP contribution in [0, 0.1) is 5.92 Å². The van der Waals surface area contributed by atoms with Crippen LogP contribution < -0.4 is 10.2 Å². The molecular weight excluding hydrogens is 238 g/mol. The Labute approximate surface area is 114 Å². The number of hydrogen-bond acceptors (Lipinski definition) is 4. The molecule has 1 aromatic heterocycles. The van der Waals surface area contributed by atoms with Gasteiger partial charge in [-0.15, -0.1) is 5.10 Å². The summed E-state index contributed by atoms with van der Waals surface area (Å²) in [7, 11) is 0. The predicted molar refractivity (Wildman–Crippen MR) is 74.3 cm³/mol. The number of H-pyrrole nitrogens is 1. The molecule has 4 rings (SSSR count). The first-order valence-corrected chi connectivity index (χ1v) is 7.81. The molecule has 0 spiro atoms. The van der Waals surface area contributed by atoms with E-state index in [1.165, 1.54) is 45.1 Å². The van der Waals surface area contributed by atoms with Crippen LogP contribution in [-0.4, -0.2) is 40.9 Å². The number of aromatic nitrogens is 3. The first kappa shape index (κ1) is 11.7. The monoisotopic (exact) mass is 261 g/mol. The maximum atomic E-state index is 4.76. The third-order valence-electron chi connectivity index (χ3n) is 5.11. The van der Waals surface area contributed by atoms with Gasteiger partial charge in [0.05, 0.1) is 0 Å². The molecule has 2 N–H and O–H groups in total. The lowest BCUT2D eigenvalue weighted by atomic mass is 9.94. The van der Waals surface area contributed by atoms with E-state index in [2.05, 4.69) is 20.4 Å². The molecule has 0 aromatic carbocycles. The fourth-order valence-corrected chi connectivity index (χ4v) is 4.00. The summed E-state index contributed by atoms with van der Waals surface area (Å²) in [6.07, 6.45) is 7.92. The average Bonchev–Trinajstić information content (AvgIpc) is 3.17. The molecule has 3 heterocycles. The van der Waals surface area contributed by atoms with Gasteiger partial charge in [0, 0.05) is 25.0 Å². The summed E-state index contributed by atoms with van der Waals surface area (Å²) < 4.78 is 0. The number of aromatic amines is 1. The smallest absolute Gasteiger partial charge is 0.244 e. The number of piperidine rings is 1. The van der Waals surface area contributed by atoms with Crippen LogP contribution in [0.15, 0.2) is 0 Å². The second-order valence-corrected chi connectivity index (χ2v) is 6.37. The molecule has 104 valence electrons. The van der Waals surface area contributed by atoms with Crippen LogP contribution in [0.1, 0.15) is 50.3 Å². The van der Waals surface area contributed by atoms with Gasteiger partial charge < -0.3 is 10.2 Å². The van der Waals surface area contributed by atoms with Crippen molar-refractivity contribution in [3.63, 3.8) is 0 Å². The molecule has 3 aliphatic rings. The van der Waals surface area contributed by atoms with Crippen molar-refractivity contribution in [1.29, 1.82) is 0 Å². The fraction of sp³-hybridized carbons (Fsp3) is 0.857. The highest BCUT2D eigenvalue weighted by molar-refractivity contribution is 5.33. The van der Waals surface area contributed by atoms with Crippen molar-refractivity contribution in [2.24, 2.45) is 5.92 Å². The molecule has 5 nitrogen and oxygen atoms in total. The minimum absolute atomic E-state index is 0.629. The molecule has 2 saturated heterocycles. The van der Waals surface area contributed by atoms with Crippen LogP contribution in [0.5, 0.6) is 0 Å². The molecule has 5 heteroatoms. The van der Waals surface area contributed by atoms with Crippen LogP contribution >= 0.6 is 0 Å². The molecule has 1 aromatic rings. The Hall–Kier alpha value is -1.10. The molecular formula is C14H23N5. The quantitative estimate of drug-likeness (QED) is 0.850. The molecule has 0 bridgehead atoms. The summed E-state index contributed by atoms with van der Waals surface area (Å²) in [5, 5.41) is 11.3. The van der Waals surface area contributed by atoms with Crippen molar-refractivity contribution >= 4 is 5.95 Å². The predicted octanol–water partition coefficient (Wildman–Crippen LogP) is 1.65. The Bertz CT molecular complexity index is 423. The molecule has 19 heavy (non-hydrogen) atoms. The van der Waals surface area contributed by atoms with E-state index in [9.17, 15) is 0 Å². The van der Waals surface area contributed by atoms with Gasteiger partial charge >= 0.3 is 0 Å². The Morgan fingerprint density at radius 2 is 1.95 bits per heavy atom. The molecule has 2 unspecified atom stereocenters. The van der Waals surface area contributed by atoms with Crippen molar-refractivity contribution in [3.05, 3.63) is 5.82 Å². The van der Waals surface area contributed by atoms with Crippen LogP contribution in [0.25, 0.3) is 0 Å². The van der Waals surface area contributed by atoms with E-state index in [-0.39, 0.29) is 0 Å². The maximum Gasteiger partial charge on any atom is 0.244 e. The first-order valence-electron chi connectivity index (χ1n) is 7.81. The fourth-order valence-electron chi connectivity index (χ4n) is 4.00. The second kappa shape index (κ2) is 4.78. The van der Waals surface area contributed by atoms with Gasteiger partial charge in [-0.2, -0.15) is 4.98 Å². The summed E-state index contributed by atoms with van der Waals surface area (Å²) >= 11 is 0. The average molecular weight is 261 g/mol.